The zero-order valence-electron chi connectivity index (χ0n) is 30.5. The largest absolute Gasteiger partial charge is 0.463 e. The second-order valence-corrected chi connectivity index (χ2v) is 14.3. The van der Waals surface area contributed by atoms with Crippen molar-refractivity contribution in [2.75, 3.05) is 32.8 Å². The molecule has 50 heavy (non-hydrogen) atoms. The molecule has 0 radical (unpaired) electrons. The number of allylic oxidation sites excluding steroid dienone is 2. The number of amides is 2. The Kier molecular flexibility index (Phi) is 14.0. The summed E-state index contributed by atoms with van der Waals surface area (Å²) in [7, 11) is 0. The molecule has 4 N–H and O–H groups in total. The summed E-state index contributed by atoms with van der Waals surface area (Å²) in [4.78, 5) is 44.0. The number of hydrogen-bond donors (Lipinski definition) is 3. The highest BCUT2D eigenvalue weighted by molar-refractivity contribution is 5.97. The molecule has 2 aliphatic rings. The van der Waals surface area contributed by atoms with Gasteiger partial charge in [-0.2, -0.15) is 0 Å². The van der Waals surface area contributed by atoms with E-state index >= 15 is 0 Å². The summed E-state index contributed by atoms with van der Waals surface area (Å²) in [5, 5.41) is 21.3. The smallest absolute Gasteiger partial charge is 0.319 e. The Morgan fingerprint density at radius 1 is 1.00 bits per heavy atom. The molecule has 2 amide bonds. The summed E-state index contributed by atoms with van der Waals surface area (Å²) >= 11 is 0. The van der Waals surface area contributed by atoms with E-state index in [0.29, 0.717) is 30.5 Å². The van der Waals surface area contributed by atoms with Gasteiger partial charge in [0.05, 0.1) is 31.3 Å². The number of nitrogens with two attached hydrogens (primary N) is 1. The van der Waals surface area contributed by atoms with E-state index in [1.54, 1.807) is 4.90 Å². The van der Waals surface area contributed by atoms with E-state index in [0.717, 1.165) is 67.2 Å². The molecule has 0 aliphatic heterocycles. The third kappa shape index (κ3) is 9.30. The van der Waals surface area contributed by atoms with Gasteiger partial charge < -0.3 is 30.5 Å². The SMILES string of the molecule is CCC1(N(CCO)C(=O)c2ccccc2CCC(O)Cc2ccc(C)cc2C(=O)N(CCOC(=O)CN)C(C)(C)C2=CCCC=C2)CCCC1. The summed E-state index contributed by atoms with van der Waals surface area (Å²) in [5.74, 6) is -0.803. The molecule has 4 rings (SSSR count). The first kappa shape index (κ1) is 39.0. The van der Waals surface area contributed by atoms with Crippen LogP contribution in [-0.2, 0) is 22.4 Å². The van der Waals surface area contributed by atoms with Crippen molar-refractivity contribution in [3.8, 4) is 0 Å². The van der Waals surface area contributed by atoms with Gasteiger partial charge in [0.25, 0.3) is 11.8 Å². The minimum atomic E-state index is -0.770. The molecule has 1 fully saturated rings. The molecule has 1 atom stereocenters. The van der Waals surface area contributed by atoms with Crippen LogP contribution in [0.1, 0.15) is 110 Å². The normalized spacial score (nSPS) is 16.1. The van der Waals surface area contributed by atoms with Crippen LogP contribution in [0.2, 0.25) is 0 Å². The van der Waals surface area contributed by atoms with Gasteiger partial charge in [-0.15, -0.1) is 0 Å². The summed E-state index contributed by atoms with van der Waals surface area (Å²) in [5.41, 5.74) is 9.14. The minimum absolute atomic E-state index is 0.0131. The van der Waals surface area contributed by atoms with Crippen LogP contribution < -0.4 is 5.73 Å². The fourth-order valence-electron chi connectivity index (χ4n) is 7.65. The van der Waals surface area contributed by atoms with Gasteiger partial charge in [0.15, 0.2) is 0 Å². The molecule has 0 spiro atoms. The van der Waals surface area contributed by atoms with E-state index in [1.165, 1.54) is 0 Å². The van der Waals surface area contributed by atoms with Gasteiger partial charge in [0.2, 0.25) is 0 Å². The number of aliphatic hydroxyl groups is 2. The monoisotopic (exact) mass is 687 g/mol. The maximum Gasteiger partial charge on any atom is 0.319 e. The lowest BCUT2D eigenvalue weighted by atomic mass is 9.86. The molecule has 9 nitrogen and oxygen atoms in total. The fourth-order valence-corrected chi connectivity index (χ4v) is 7.65. The number of carbonyl (C=O) groups excluding carboxylic acids is 3. The third-order valence-corrected chi connectivity index (χ3v) is 10.6. The highest BCUT2D eigenvalue weighted by atomic mass is 16.5. The van der Waals surface area contributed by atoms with Crippen LogP contribution in [0.5, 0.6) is 0 Å². The number of β-amino-alcohol motifs (C(OH)–C–C–N with tert-alkyl or cyclic N) is 1. The Bertz CT molecular complexity index is 1540. The van der Waals surface area contributed by atoms with Crippen molar-refractivity contribution in [3.63, 3.8) is 0 Å². The molecule has 2 aromatic rings. The van der Waals surface area contributed by atoms with Gasteiger partial charge >= 0.3 is 5.97 Å². The second kappa shape index (κ2) is 17.9. The van der Waals surface area contributed by atoms with E-state index in [9.17, 15) is 24.6 Å². The van der Waals surface area contributed by atoms with Crippen molar-refractivity contribution in [1.82, 2.24) is 9.80 Å². The van der Waals surface area contributed by atoms with E-state index in [1.807, 2.05) is 68.1 Å². The van der Waals surface area contributed by atoms with Crippen LogP contribution in [0.3, 0.4) is 0 Å². The lowest BCUT2D eigenvalue weighted by Gasteiger charge is -2.41. The molecule has 0 heterocycles. The molecular formula is C41H57N3O6. The first-order valence-corrected chi connectivity index (χ1v) is 18.3. The lowest BCUT2D eigenvalue weighted by Crippen LogP contribution is -2.51. The standard InChI is InChI=1S/C41H57N3O6/c1-5-41(21-11-12-22-41)44(23-25-45)38(48)35-16-10-9-13-31(35)19-20-34(46)28-32-18-17-30(2)27-36(32)39(49)43(24-26-50-37(47)29-42)40(3,4)33-14-7-6-8-15-33/h7,9-10,13-18,27,34,45-46H,5-6,8,11-12,19-26,28-29,42H2,1-4H3. The quantitative estimate of drug-likeness (QED) is 0.182. The molecule has 0 aromatic heterocycles. The van der Waals surface area contributed by atoms with Crippen LogP contribution in [-0.4, -0.2) is 87.8 Å². The van der Waals surface area contributed by atoms with Crippen molar-refractivity contribution >= 4 is 17.8 Å². The van der Waals surface area contributed by atoms with Crippen molar-refractivity contribution in [2.45, 2.75) is 109 Å². The molecule has 1 unspecified atom stereocenters. The van der Waals surface area contributed by atoms with Crippen LogP contribution >= 0.6 is 0 Å². The maximum atomic E-state index is 14.5. The zero-order valence-corrected chi connectivity index (χ0v) is 30.5. The van der Waals surface area contributed by atoms with Crippen molar-refractivity contribution in [1.29, 1.82) is 0 Å². The molecule has 9 heteroatoms. The molecule has 2 aromatic carbocycles. The number of aliphatic hydroxyl groups excluding tert-OH is 2. The van der Waals surface area contributed by atoms with E-state index in [4.69, 9.17) is 10.5 Å². The number of hydrogen-bond acceptors (Lipinski definition) is 7. The van der Waals surface area contributed by atoms with Crippen LogP contribution in [0, 0.1) is 6.92 Å². The van der Waals surface area contributed by atoms with Crippen molar-refractivity contribution < 1.29 is 29.3 Å². The number of aryl methyl sites for hydroxylation is 2. The van der Waals surface area contributed by atoms with Crippen molar-refractivity contribution in [2.24, 2.45) is 5.73 Å². The molecule has 272 valence electrons. The van der Waals surface area contributed by atoms with E-state index < -0.39 is 17.6 Å². The molecule has 2 aliphatic carbocycles. The molecule has 0 saturated heterocycles. The van der Waals surface area contributed by atoms with Gasteiger partial charge in [-0.3, -0.25) is 14.4 Å². The molecule has 0 bridgehead atoms. The number of carbonyl (C=O) groups is 3. The van der Waals surface area contributed by atoms with E-state index in [2.05, 4.69) is 25.2 Å². The zero-order chi connectivity index (χ0) is 36.3. The Balaban J connectivity index is 1.54. The predicted molar refractivity (Wildman–Crippen MR) is 197 cm³/mol. The fraction of sp³-hybridized carbons (Fsp3) is 0.537. The maximum absolute atomic E-state index is 14.5. The van der Waals surface area contributed by atoms with Gasteiger partial charge in [-0.05, 0) is 101 Å². The Morgan fingerprint density at radius 2 is 1.74 bits per heavy atom. The Labute approximate surface area is 298 Å². The first-order valence-electron chi connectivity index (χ1n) is 18.3. The Hall–Kier alpha value is -3.79. The number of rotatable bonds is 17. The highest BCUT2D eigenvalue weighted by Crippen LogP contribution is 2.39. The first-order chi connectivity index (χ1) is 24.0. The van der Waals surface area contributed by atoms with Gasteiger partial charge in [-0.25, -0.2) is 0 Å². The predicted octanol–water partition coefficient (Wildman–Crippen LogP) is 5.69. The minimum Gasteiger partial charge on any atom is -0.463 e. The third-order valence-electron chi connectivity index (χ3n) is 10.6. The van der Waals surface area contributed by atoms with E-state index in [-0.39, 0.29) is 50.1 Å². The second-order valence-electron chi connectivity index (χ2n) is 14.3. The summed E-state index contributed by atoms with van der Waals surface area (Å²) in [6.07, 6.45) is 13.4. The van der Waals surface area contributed by atoms with Crippen LogP contribution in [0.15, 0.2) is 66.3 Å². The summed E-state index contributed by atoms with van der Waals surface area (Å²) < 4.78 is 5.30. The lowest BCUT2D eigenvalue weighted by molar-refractivity contribution is -0.142. The number of nitrogens with zero attached hydrogens (tertiary/aromatic N) is 2. The number of benzene rings is 2. The van der Waals surface area contributed by atoms with Crippen LogP contribution in [0.4, 0.5) is 0 Å². The number of ether oxygens (including phenoxy) is 1. The van der Waals surface area contributed by atoms with Gasteiger partial charge in [0, 0.05) is 23.2 Å². The number of esters is 1. The molecular weight excluding hydrogens is 630 g/mol. The average Bonchev–Trinajstić information content (AvgIpc) is 3.62. The topological polar surface area (TPSA) is 133 Å². The van der Waals surface area contributed by atoms with Crippen molar-refractivity contribution in [3.05, 3.63) is 94.1 Å². The Morgan fingerprint density at radius 3 is 2.40 bits per heavy atom. The molecule has 1 saturated carbocycles. The van der Waals surface area contributed by atoms with Gasteiger partial charge in [0.1, 0.15) is 6.61 Å². The average molecular weight is 688 g/mol. The highest BCUT2D eigenvalue weighted by Gasteiger charge is 2.41. The van der Waals surface area contributed by atoms with Crippen LogP contribution in [0.25, 0.3) is 0 Å². The summed E-state index contributed by atoms with van der Waals surface area (Å²) in [6.45, 7) is 8.21. The summed E-state index contributed by atoms with van der Waals surface area (Å²) in [6, 6.07) is 13.3. The van der Waals surface area contributed by atoms with Gasteiger partial charge in [-0.1, -0.05) is 73.9 Å².